The monoisotopic (exact) mass is 189 g/mol. The highest BCUT2D eigenvalue weighted by Crippen LogP contribution is 2.19. The molecule has 1 aromatic heterocycles. The number of aryl methyl sites for hydroxylation is 2. The summed E-state index contributed by atoms with van der Waals surface area (Å²) in [6.45, 7) is 3.27. The van der Waals surface area contributed by atoms with Gasteiger partial charge >= 0.3 is 0 Å². The van der Waals surface area contributed by atoms with Gasteiger partial charge in [-0.3, -0.25) is 0 Å². The van der Waals surface area contributed by atoms with Crippen LogP contribution in [0.15, 0.2) is 30.5 Å². The third-order valence-corrected chi connectivity index (χ3v) is 2.55. The van der Waals surface area contributed by atoms with Gasteiger partial charge in [-0.15, -0.1) is 0 Å². The van der Waals surface area contributed by atoms with Gasteiger partial charge in [0, 0.05) is 19.3 Å². The van der Waals surface area contributed by atoms with Crippen LogP contribution in [0, 0.1) is 6.92 Å². The van der Waals surface area contributed by atoms with E-state index in [1.807, 2.05) is 0 Å². The van der Waals surface area contributed by atoms with Crippen LogP contribution >= 0.6 is 0 Å². The second kappa shape index (κ2) is 3.84. The summed E-state index contributed by atoms with van der Waals surface area (Å²) in [5.41, 5.74) is 2.59. The molecule has 0 aliphatic rings. The van der Waals surface area contributed by atoms with Crippen molar-refractivity contribution in [3.63, 3.8) is 0 Å². The van der Waals surface area contributed by atoms with Crippen molar-refractivity contribution in [1.29, 1.82) is 0 Å². The largest absolute Gasteiger partial charge is 0.396 e. The van der Waals surface area contributed by atoms with Gasteiger partial charge < -0.3 is 9.67 Å². The van der Waals surface area contributed by atoms with Gasteiger partial charge in [0.1, 0.15) is 0 Å². The molecule has 0 saturated carbocycles. The first kappa shape index (κ1) is 9.28. The number of rotatable bonds is 3. The van der Waals surface area contributed by atoms with Gasteiger partial charge in [-0.1, -0.05) is 18.2 Å². The number of hydrogen-bond donors (Lipinski definition) is 1. The minimum Gasteiger partial charge on any atom is -0.396 e. The van der Waals surface area contributed by atoms with Crippen molar-refractivity contribution in [2.24, 2.45) is 0 Å². The van der Waals surface area contributed by atoms with E-state index < -0.39 is 0 Å². The van der Waals surface area contributed by atoms with E-state index in [0.717, 1.165) is 13.0 Å². The Morgan fingerprint density at radius 1 is 1.29 bits per heavy atom. The maximum Gasteiger partial charge on any atom is 0.0509 e. The van der Waals surface area contributed by atoms with Gasteiger partial charge in [0.2, 0.25) is 0 Å². The lowest BCUT2D eigenvalue weighted by atomic mass is 10.2. The molecule has 0 spiro atoms. The minimum atomic E-state index is 0.256. The van der Waals surface area contributed by atoms with Crippen molar-refractivity contribution in [3.8, 4) is 0 Å². The number of hydrogen-bond acceptors (Lipinski definition) is 1. The molecule has 2 rings (SSSR count). The Morgan fingerprint density at radius 2 is 2.14 bits per heavy atom. The van der Waals surface area contributed by atoms with Crippen LogP contribution in [0.5, 0.6) is 0 Å². The molecule has 2 heteroatoms. The normalized spacial score (nSPS) is 11.0. The highest BCUT2D eigenvalue weighted by Gasteiger charge is 2.02. The quantitative estimate of drug-likeness (QED) is 0.787. The summed E-state index contributed by atoms with van der Waals surface area (Å²) in [4.78, 5) is 0. The van der Waals surface area contributed by atoms with E-state index in [2.05, 4.69) is 42.0 Å². The summed E-state index contributed by atoms with van der Waals surface area (Å²) in [6.07, 6.45) is 2.91. The van der Waals surface area contributed by atoms with Crippen LogP contribution in [-0.4, -0.2) is 16.3 Å². The molecule has 0 saturated heterocycles. The van der Waals surface area contributed by atoms with Gasteiger partial charge in [-0.25, -0.2) is 0 Å². The summed E-state index contributed by atoms with van der Waals surface area (Å²) < 4.78 is 2.21. The smallest absolute Gasteiger partial charge is 0.0509 e. The number of fused-ring (bicyclic) bond motifs is 1. The fraction of sp³-hybridized carbons (Fsp3) is 0.333. The average molecular weight is 189 g/mol. The Bertz CT molecular complexity index is 431. The highest BCUT2D eigenvalue weighted by molar-refractivity contribution is 5.83. The zero-order valence-corrected chi connectivity index (χ0v) is 8.40. The Kier molecular flexibility index (Phi) is 2.55. The third kappa shape index (κ3) is 1.53. The molecule has 0 aliphatic heterocycles. The van der Waals surface area contributed by atoms with E-state index in [0.29, 0.717) is 0 Å². The Labute approximate surface area is 83.8 Å². The first-order chi connectivity index (χ1) is 6.83. The fourth-order valence-electron chi connectivity index (χ4n) is 1.88. The van der Waals surface area contributed by atoms with Gasteiger partial charge in [0.05, 0.1) is 5.52 Å². The van der Waals surface area contributed by atoms with Gasteiger partial charge in [0.15, 0.2) is 0 Å². The predicted molar refractivity (Wildman–Crippen MR) is 58.4 cm³/mol. The van der Waals surface area contributed by atoms with E-state index in [4.69, 9.17) is 5.11 Å². The maximum absolute atomic E-state index is 8.79. The lowest BCUT2D eigenvalue weighted by Gasteiger charge is -2.05. The van der Waals surface area contributed by atoms with Crippen molar-refractivity contribution in [3.05, 3.63) is 36.0 Å². The lowest BCUT2D eigenvalue weighted by molar-refractivity contribution is 0.280. The molecule has 2 nitrogen and oxygen atoms in total. The fourth-order valence-corrected chi connectivity index (χ4v) is 1.88. The van der Waals surface area contributed by atoms with Gasteiger partial charge in [-0.2, -0.15) is 0 Å². The van der Waals surface area contributed by atoms with Crippen LogP contribution in [0.25, 0.3) is 10.9 Å². The van der Waals surface area contributed by atoms with Gasteiger partial charge in [-0.05, 0) is 30.4 Å². The van der Waals surface area contributed by atoms with E-state index in [1.165, 1.54) is 16.5 Å². The Hall–Kier alpha value is -1.28. The molecule has 0 unspecified atom stereocenters. The number of nitrogens with zero attached hydrogens (tertiary/aromatic N) is 1. The van der Waals surface area contributed by atoms with Crippen molar-refractivity contribution in [1.82, 2.24) is 4.57 Å². The molecule has 14 heavy (non-hydrogen) atoms. The summed E-state index contributed by atoms with van der Waals surface area (Å²) in [5.74, 6) is 0. The third-order valence-electron chi connectivity index (χ3n) is 2.55. The molecule has 0 amide bonds. The van der Waals surface area contributed by atoms with Crippen LogP contribution in [0.1, 0.15) is 12.0 Å². The van der Waals surface area contributed by atoms with Crippen LogP contribution in [-0.2, 0) is 6.54 Å². The Morgan fingerprint density at radius 3 is 2.93 bits per heavy atom. The van der Waals surface area contributed by atoms with Crippen LogP contribution < -0.4 is 0 Å². The summed E-state index contributed by atoms with van der Waals surface area (Å²) in [6, 6.07) is 8.45. The van der Waals surface area contributed by atoms with Crippen LogP contribution in [0.4, 0.5) is 0 Å². The molecular weight excluding hydrogens is 174 g/mol. The average Bonchev–Trinajstić information content (AvgIpc) is 2.59. The van der Waals surface area contributed by atoms with Crippen molar-refractivity contribution >= 4 is 10.9 Å². The molecule has 0 aliphatic carbocycles. The van der Waals surface area contributed by atoms with Crippen LogP contribution in [0.3, 0.4) is 0 Å². The van der Waals surface area contributed by atoms with E-state index >= 15 is 0 Å². The molecule has 0 atom stereocenters. The number of aromatic nitrogens is 1. The second-order valence-electron chi connectivity index (χ2n) is 3.60. The minimum absolute atomic E-state index is 0.256. The molecule has 1 N–H and O–H groups in total. The lowest BCUT2D eigenvalue weighted by Crippen LogP contribution is -1.99. The maximum atomic E-state index is 8.79. The first-order valence-electron chi connectivity index (χ1n) is 4.98. The van der Waals surface area contributed by atoms with Crippen molar-refractivity contribution < 1.29 is 5.11 Å². The van der Waals surface area contributed by atoms with Crippen molar-refractivity contribution in [2.45, 2.75) is 19.9 Å². The predicted octanol–water partition coefficient (Wildman–Crippen LogP) is 2.33. The first-order valence-corrected chi connectivity index (χ1v) is 4.98. The summed E-state index contributed by atoms with van der Waals surface area (Å²) >= 11 is 0. The molecule has 74 valence electrons. The topological polar surface area (TPSA) is 25.2 Å². The molecule has 2 aromatic rings. The summed E-state index contributed by atoms with van der Waals surface area (Å²) in [7, 11) is 0. The van der Waals surface area contributed by atoms with E-state index in [9.17, 15) is 0 Å². The highest BCUT2D eigenvalue weighted by atomic mass is 16.3. The number of benzene rings is 1. The number of aliphatic hydroxyl groups is 1. The number of aliphatic hydroxyl groups excluding tert-OH is 1. The zero-order valence-electron chi connectivity index (χ0n) is 8.40. The molecule has 0 fully saturated rings. The number of para-hydroxylation sites is 1. The SMILES string of the molecule is Cc1cccc2ccn(CCCO)c12. The van der Waals surface area contributed by atoms with E-state index in [1.54, 1.807) is 0 Å². The molecule has 1 aromatic carbocycles. The molecule has 1 heterocycles. The standard InChI is InChI=1S/C12H15NO/c1-10-4-2-5-11-6-8-13(12(10)11)7-3-9-14/h2,4-6,8,14H,3,7,9H2,1H3. The second-order valence-corrected chi connectivity index (χ2v) is 3.60. The van der Waals surface area contributed by atoms with E-state index in [-0.39, 0.29) is 6.61 Å². The molecular formula is C12H15NO. The Balaban J connectivity index is 2.45. The molecule has 0 radical (unpaired) electrons. The molecule has 0 bridgehead atoms. The summed E-state index contributed by atoms with van der Waals surface area (Å²) in [5, 5.41) is 10.1. The van der Waals surface area contributed by atoms with Gasteiger partial charge in [0.25, 0.3) is 0 Å². The zero-order chi connectivity index (χ0) is 9.97. The van der Waals surface area contributed by atoms with Crippen molar-refractivity contribution in [2.75, 3.05) is 6.61 Å². The van der Waals surface area contributed by atoms with Crippen LogP contribution in [0.2, 0.25) is 0 Å².